The molecule has 0 heterocycles. The van der Waals surface area contributed by atoms with Gasteiger partial charge in [0.1, 0.15) is 6.67 Å². The summed E-state index contributed by atoms with van der Waals surface area (Å²) < 4.78 is 12.3. The van der Waals surface area contributed by atoms with Gasteiger partial charge in [0, 0.05) is 19.3 Å². The third-order valence-corrected chi connectivity index (χ3v) is 3.11. The molecule has 0 atom stereocenters. The number of alkyl halides is 1. The van der Waals surface area contributed by atoms with Crippen LogP contribution in [-0.2, 0) is 0 Å². The molecule has 0 saturated carbocycles. The van der Waals surface area contributed by atoms with Gasteiger partial charge >= 0.3 is 0 Å². The van der Waals surface area contributed by atoms with Gasteiger partial charge in [-0.3, -0.25) is 0 Å². The number of rotatable bonds is 4. The number of hydrogen-bond donors (Lipinski definition) is 0. The summed E-state index contributed by atoms with van der Waals surface area (Å²) in [6, 6.07) is 16.7. The molecule has 0 bridgehead atoms. The molecule has 0 radical (unpaired) electrons. The van der Waals surface area contributed by atoms with Gasteiger partial charge in [0.2, 0.25) is 0 Å². The molecule has 0 unspecified atom stereocenters. The van der Waals surface area contributed by atoms with E-state index < -0.39 is 0 Å². The molecule has 0 aromatic heterocycles. The van der Waals surface area contributed by atoms with Crippen LogP contribution in [0.2, 0.25) is 0 Å². The van der Waals surface area contributed by atoms with Crippen molar-refractivity contribution in [2.45, 2.75) is 6.92 Å². The maximum atomic E-state index is 12.3. The predicted molar refractivity (Wildman–Crippen MR) is 75.9 cm³/mol. The van der Waals surface area contributed by atoms with Crippen LogP contribution >= 0.6 is 0 Å². The summed E-state index contributed by atoms with van der Waals surface area (Å²) in [4.78, 5) is 1.92. The molecule has 0 spiro atoms. The number of nitrogens with zero attached hydrogens (tertiary/aromatic N) is 1. The first kappa shape index (κ1) is 12.6. The minimum absolute atomic E-state index is 0.323. The topological polar surface area (TPSA) is 3.24 Å². The lowest BCUT2D eigenvalue weighted by atomic mass is 10.0. The second-order valence-electron chi connectivity index (χ2n) is 4.52. The second-order valence-corrected chi connectivity index (χ2v) is 4.52. The number of aryl methyl sites for hydroxylation is 1. The van der Waals surface area contributed by atoms with Crippen molar-refractivity contribution >= 4 is 5.69 Å². The summed E-state index contributed by atoms with van der Waals surface area (Å²) in [5, 5.41) is 0. The van der Waals surface area contributed by atoms with Crippen molar-refractivity contribution in [3.63, 3.8) is 0 Å². The van der Waals surface area contributed by atoms with Gasteiger partial charge in [-0.05, 0) is 30.2 Å². The lowest BCUT2D eigenvalue weighted by Gasteiger charge is -2.17. The second kappa shape index (κ2) is 5.67. The van der Waals surface area contributed by atoms with E-state index in [1.165, 1.54) is 16.7 Å². The molecule has 0 aliphatic carbocycles. The Labute approximate surface area is 108 Å². The maximum Gasteiger partial charge on any atom is 0.107 e. The SMILES string of the molecule is Cc1ccc(-c2ccc(N(C)CCF)cc2)cc1. The zero-order chi connectivity index (χ0) is 13.0. The van der Waals surface area contributed by atoms with Gasteiger partial charge in [-0.25, -0.2) is 4.39 Å². The number of halogens is 1. The molecule has 94 valence electrons. The van der Waals surface area contributed by atoms with E-state index in [1.54, 1.807) is 0 Å². The Bertz CT molecular complexity index is 488. The van der Waals surface area contributed by atoms with Gasteiger partial charge in [-0.2, -0.15) is 0 Å². The van der Waals surface area contributed by atoms with Crippen molar-refractivity contribution in [2.24, 2.45) is 0 Å². The van der Waals surface area contributed by atoms with Gasteiger partial charge in [-0.15, -0.1) is 0 Å². The normalized spacial score (nSPS) is 10.4. The van der Waals surface area contributed by atoms with E-state index in [9.17, 15) is 4.39 Å². The molecule has 2 rings (SSSR count). The Hall–Kier alpha value is -1.83. The molecule has 1 nitrogen and oxygen atoms in total. The van der Waals surface area contributed by atoms with Crippen molar-refractivity contribution in [1.82, 2.24) is 0 Å². The van der Waals surface area contributed by atoms with Crippen molar-refractivity contribution in [3.05, 3.63) is 54.1 Å². The first-order chi connectivity index (χ1) is 8.70. The van der Waals surface area contributed by atoms with E-state index in [2.05, 4.69) is 43.3 Å². The fourth-order valence-corrected chi connectivity index (χ4v) is 1.91. The molecule has 0 aliphatic heterocycles. The van der Waals surface area contributed by atoms with Gasteiger partial charge in [-0.1, -0.05) is 42.0 Å². The highest BCUT2D eigenvalue weighted by Gasteiger charge is 2.01. The number of hydrogen-bond acceptors (Lipinski definition) is 1. The van der Waals surface area contributed by atoms with Crippen LogP contribution in [-0.4, -0.2) is 20.3 Å². The van der Waals surface area contributed by atoms with E-state index >= 15 is 0 Å². The monoisotopic (exact) mass is 243 g/mol. The minimum Gasteiger partial charge on any atom is -0.372 e. The lowest BCUT2D eigenvalue weighted by molar-refractivity contribution is 0.497. The van der Waals surface area contributed by atoms with Crippen LogP contribution < -0.4 is 4.90 Å². The Kier molecular flexibility index (Phi) is 3.98. The molecular formula is C16H18FN. The van der Waals surface area contributed by atoms with Gasteiger partial charge in [0.25, 0.3) is 0 Å². The summed E-state index contributed by atoms with van der Waals surface area (Å²) in [6.07, 6.45) is 0. The minimum atomic E-state index is -0.323. The number of benzene rings is 2. The van der Waals surface area contributed by atoms with Crippen molar-refractivity contribution in [2.75, 3.05) is 25.2 Å². The molecule has 2 heteroatoms. The van der Waals surface area contributed by atoms with E-state index in [4.69, 9.17) is 0 Å². The fourth-order valence-electron chi connectivity index (χ4n) is 1.91. The van der Waals surface area contributed by atoms with E-state index in [0.29, 0.717) is 6.54 Å². The zero-order valence-corrected chi connectivity index (χ0v) is 10.9. The van der Waals surface area contributed by atoms with Crippen LogP contribution in [0.4, 0.5) is 10.1 Å². The highest BCUT2D eigenvalue weighted by Crippen LogP contribution is 2.23. The van der Waals surface area contributed by atoms with Crippen molar-refractivity contribution < 1.29 is 4.39 Å². The first-order valence-electron chi connectivity index (χ1n) is 6.15. The van der Waals surface area contributed by atoms with Crippen LogP contribution in [0.3, 0.4) is 0 Å². The fraction of sp³-hybridized carbons (Fsp3) is 0.250. The average molecular weight is 243 g/mol. The third kappa shape index (κ3) is 2.89. The Balaban J connectivity index is 2.19. The van der Waals surface area contributed by atoms with Gasteiger partial charge < -0.3 is 4.90 Å². The van der Waals surface area contributed by atoms with E-state index in [0.717, 1.165) is 5.69 Å². The van der Waals surface area contributed by atoms with E-state index in [1.807, 2.05) is 24.1 Å². The van der Waals surface area contributed by atoms with Crippen molar-refractivity contribution in [3.8, 4) is 11.1 Å². The molecule has 0 fully saturated rings. The van der Waals surface area contributed by atoms with Gasteiger partial charge in [0.05, 0.1) is 0 Å². The number of anilines is 1. The molecule has 2 aromatic carbocycles. The first-order valence-corrected chi connectivity index (χ1v) is 6.15. The molecule has 0 N–H and O–H groups in total. The smallest absolute Gasteiger partial charge is 0.107 e. The highest BCUT2D eigenvalue weighted by molar-refractivity contribution is 5.66. The van der Waals surface area contributed by atoms with Crippen LogP contribution in [0, 0.1) is 6.92 Å². The average Bonchev–Trinajstić information content (AvgIpc) is 2.40. The van der Waals surface area contributed by atoms with Crippen LogP contribution in [0.1, 0.15) is 5.56 Å². The summed E-state index contributed by atoms with van der Waals surface area (Å²) in [5.74, 6) is 0. The Morgan fingerprint density at radius 1 is 0.889 bits per heavy atom. The maximum absolute atomic E-state index is 12.3. The zero-order valence-electron chi connectivity index (χ0n) is 10.9. The summed E-state index contributed by atoms with van der Waals surface area (Å²) >= 11 is 0. The van der Waals surface area contributed by atoms with Crippen LogP contribution in [0.25, 0.3) is 11.1 Å². The quantitative estimate of drug-likeness (QED) is 0.782. The largest absolute Gasteiger partial charge is 0.372 e. The molecular weight excluding hydrogens is 225 g/mol. The van der Waals surface area contributed by atoms with Crippen LogP contribution in [0.15, 0.2) is 48.5 Å². The molecule has 0 amide bonds. The molecule has 2 aromatic rings. The summed E-state index contributed by atoms with van der Waals surface area (Å²) in [6.45, 7) is 2.19. The summed E-state index contributed by atoms with van der Waals surface area (Å²) in [7, 11) is 1.90. The molecule has 18 heavy (non-hydrogen) atoms. The lowest BCUT2D eigenvalue weighted by Crippen LogP contribution is -2.19. The third-order valence-electron chi connectivity index (χ3n) is 3.11. The highest BCUT2D eigenvalue weighted by atomic mass is 19.1. The van der Waals surface area contributed by atoms with Crippen LogP contribution in [0.5, 0.6) is 0 Å². The Morgan fingerprint density at radius 3 is 1.89 bits per heavy atom. The standard InChI is InChI=1S/C16H18FN/c1-13-3-5-14(6-4-13)15-7-9-16(10-8-15)18(2)12-11-17/h3-10H,11-12H2,1-2H3. The summed E-state index contributed by atoms with van der Waals surface area (Å²) in [5.41, 5.74) is 4.70. The Morgan fingerprint density at radius 2 is 1.39 bits per heavy atom. The van der Waals surface area contributed by atoms with E-state index in [-0.39, 0.29) is 6.67 Å². The molecule has 0 aliphatic rings. The van der Waals surface area contributed by atoms with Gasteiger partial charge in [0.15, 0.2) is 0 Å². The predicted octanol–water partition coefficient (Wildman–Crippen LogP) is 4.07. The van der Waals surface area contributed by atoms with Crippen molar-refractivity contribution in [1.29, 1.82) is 0 Å². The molecule has 0 saturated heterocycles.